The zero-order chi connectivity index (χ0) is 38.3. The molecule has 0 fully saturated rings. The largest absolute Gasteiger partial charge is 2.00 e. The smallest absolute Gasteiger partial charge is 0.357 e. The third kappa shape index (κ3) is 3.96. The normalized spacial score (nSPS) is 27.0. The van der Waals surface area contributed by atoms with Crippen LogP contribution in [0.15, 0.2) is 97.1 Å². The number of ether oxygens (including phenoxy) is 4. The molecule has 61 heavy (non-hydrogen) atoms. The van der Waals surface area contributed by atoms with E-state index in [1.54, 1.807) is 0 Å². The van der Waals surface area contributed by atoms with Gasteiger partial charge in [-0.1, -0.05) is 48.6 Å². The van der Waals surface area contributed by atoms with E-state index in [2.05, 4.69) is 97.1 Å². The van der Waals surface area contributed by atoms with Gasteiger partial charge in [0.15, 0.2) is 0 Å². The Morgan fingerprint density at radius 1 is 0.295 bits per heavy atom. The van der Waals surface area contributed by atoms with Crippen LogP contribution in [0.25, 0.3) is 89.7 Å². The fourth-order valence-electron chi connectivity index (χ4n) is 11.2. The molecule has 0 spiro atoms. The summed E-state index contributed by atoms with van der Waals surface area (Å²) in [5.74, 6) is 2.07. The average Bonchev–Trinajstić information content (AvgIpc) is 4.13. The molecule has 10 aliphatic heterocycles. The zero-order valence-corrected chi connectivity index (χ0v) is 32.4. The Bertz CT molecular complexity index is 3200. The van der Waals surface area contributed by atoms with Crippen molar-refractivity contribution in [2.24, 2.45) is 0 Å². The van der Waals surface area contributed by atoms with Crippen LogP contribution in [-0.4, -0.2) is 29.9 Å². The van der Waals surface area contributed by atoms with Crippen LogP contribution >= 0.6 is 0 Å². The van der Waals surface area contributed by atoms with Crippen molar-refractivity contribution in [1.82, 2.24) is 39.9 Å². The first-order valence-corrected chi connectivity index (χ1v) is 20.4. The van der Waals surface area contributed by atoms with Crippen LogP contribution in [0.5, 0.6) is 0 Å². The van der Waals surface area contributed by atoms with Crippen molar-refractivity contribution in [2.45, 2.75) is 48.8 Å². The molecule has 8 unspecified atom stereocenters. The molecule has 7 aromatic rings. The summed E-state index contributed by atoms with van der Waals surface area (Å²) in [5, 5.41) is 3.47. The standard InChI is InChI=1S/C48H24N8O4.Ni/c1-2-34-18-10-26-25(9-17(18)33(1)57-34)41-49-42(26)54-44-29-13-21-22(38-6-5-37(21)59-38)14-30(29)46(51-44)56-48-32-16-24-23(39-7-8-40(24)60-39)15-31(32)47(52-48)55-45-28-12-20-19(35-3-4-36(20)58-35)11-27(28)43(50-45)53-41;/h1-16,33-40H;/q-2;+2. The minimum Gasteiger partial charge on any atom is -0.357 e. The summed E-state index contributed by atoms with van der Waals surface area (Å²) in [5.41, 5.74) is 14.5. The van der Waals surface area contributed by atoms with Crippen LogP contribution in [0.4, 0.5) is 0 Å². The van der Waals surface area contributed by atoms with Crippen molar-refractivity contribution in [2.75, 3.05) is 0 Å². The van der Waals surface area contributed by atoms with E-state index in [-0.39, 0.29) is 65.3 Å². The van der Waals surface area contributed by atoms with Gasteiger partial charge in [0.05, 0.1) is 23.3 Å². The first kappa shape index (κ1) is 32.3. The van der Waals surface area contributed by atoms with E-state index in [4.69, 9.17) is 58.8 Å². The molecule has 12 nitrogen and oxygen atoms in total. The molecule has 13 heteroatoms. The van der Waals surface area contributed by atoms with Gasteiger partial charge in [0.25, 0.3) is 0 Å². The first-order chi connectivity index (χ1) is 29.6. The molecule has 10 aliphatic rings. The van der Waals surface area contributed by atoms with Gasteiger partial charge in [0.1, 0.15) is 48.8 Å². The fourth-order valence-corrected chi connectivity index (χ4v) is 11.2. The van der Waals surface area contributed by atoms with E-state index < -0.39 is 0 Å². The summed E-state index contributed by atoms with van der Waals surface area (Å²) >= 11 is 0. The van der Waals surface area contributed by atoms with Crippen molar-refractivity contribution < 1.29 is 35.4 Å². The topological polar surface area (TPSA) is 142 Å². The molecule has 13 heterocycles. The Morgan fingerprint density at radius 3 is 0.738 bits per heavy atom. The molecule has 0 saturated carbocycles. The Balaban J connectivity index is 0.00000340. The van der Waals surface area contributed by atoms with E-state index in [0.717, 1.165) is 88.3 Å². The number of rotatable bonds is 0. The quantitative estimate of drug-likeness (QED) is 0.106. The van der Waals surface area contributed by atoms with Gasteiger partial charge in [-0.2, -0.15) is 0 Å². The van der Waals surface area contributed by atoms with Crippen molar-refractivity contribution >= 4 is 44.1 Å². The van der Waals surface area contributed by atoms with E-state index in [1.807, 2.05) is 0 Å². The third-order valence-electron chi connectivity index (χ3n) is 14.0. The third-order valence-corrected chi connectivity index (χ3v) is 14.0. The number of fused-ring (bicyclic) bond motifs is 40. The second kappa shape index (κ2) is 10.7. The number of hydrogen-bond acceptors (Lipinski definition) is 10. The Hall–Kier alpha value is -6.47. The maximum atomic E-state index is 6.30. The minimum absolute atomic E-state index is 0. The Labute approximate surface area is 354 Å². The molecular weight excluding hydrogens is 811 g/mol. The van der Waals surface area contributed by atoms with Crippen LogP contribution in [0.2, 0.25) is 0 Å². The predicted octanol–water partition coefficient (Wildman–Crippen LogP) is 8.85. The molecule has 0 N–H and O–H groups in total. The summed E-state index contributed by atoms with van der Waals surface area (Å²) in [4.78, 5) is 42.0. The second-order valence-corrected chi connectivity index (χ2v) is 17.0. The van der Waals surface area contributed by atoms with Gasteiger partial charge in [-0.3, -0.25) is 0 Å². The van der Waals surface area contributed by atoms with Gasteiger partial charge in [-0.15, -0.1) is 0 Å². The molecule has 8 atom stereocenters. The fraction of sp³-hybridized carbons (Fsp3) is 0.167. The molecule has 0 aliphatic carbocycles. The minimum atomic E-state index is -0.109. The van der Waals surface area contributed by atoms with Crippen LogP contribution in [0.3, 0.4) is 0 Å². The van der Waals surface area contributed by atoms with Gasteiger partial charge >= 0.3 is 16.5 Å². The number of nitrogens with zero attached hydrogens (tertiary/aromatic N) is 8. The molecule has 290 valence electrons. The monoisotopic (exact) mass is 834 g/mol. The molecule has 3 aromatic heterocycles. The maximum Gasteiger partial charge on any atom is 2.00 e. The molecule has 0 saturated heterocycles. The molecule has 0 amide bonds. The zero-order valence-electron chi connectivity index (χ0n) is 31.4. The van der Waals surface area contributed by atoms with Gasteiger partial charge in [0.2, 0.25) is 0 Å². The van der Waals surface area contributed by atoms with E-state index in [9.17, 15) is 0 Å². The van der Waals surface area contributed by atoms with Crippen LogP contribution in [-0.2, 0) is 35.4 Å². The van der Waals surface area contributed by atoms with Gasteiger partial charge in [-0.05, 0) is 115 Å². The summed E-state index contributed by atoms with van der Waals surface area (Å²) in [6, 6.07) is 17.3. The predicted molar refractivity (Wildman–Crippen MR) is 217 cm³/mol. The summed E-state index contributed by atoms with van der Waals surface area (Å²) in [6.45, 7) is 0. The van der Waals surface area contributed by atoms with Crippen LogP contribution in [0, 0.1) is 0 Å². The second-order valence-electron chi connectivity index (χ2n) is 17.0. The first-order valence-electron chi connectivity index (χ1n) is 20.4. The number of benzene rings is 4. The van der Waals surface area contributed by atoms with E-state index in [1.165, 1.54) is 0 Å². The molecule has 17 rings (SSSR count). The van der Waals surface area contributed by atoms with Crippen molar-refractivity contribution in [1.29, 1.82) is 0 Å². The van der Waals surface area contributed by atoms with Crippen LogP contribution in [0.1, 0.15) is 93.3 Å². The molecular formula is C48H24N8NiO4. The number of aromatic nitrogens is 8. The van der Waals surface area contributed by atoms with E-state index in [0.29, 0.717) is 45.9 Å². The maximum absolute atomic E-state index is 6.30. The van der Waals surface area contributed by atoms with Crippen LogP contribution < -0.4 is 9.97 Å². The van der Waals surface area contributed by atoms with E-state index >= 15 is 0 Å². The Kier molecular flexibility index (Phi) is 5.67. The van der Waals surface area contributed by atoms with Crippen molar-refractivity contribution in [3.63, 3.8) is 0 Å². The number of hydrogen-bond donors (Lipinski definition) is 0. The molecule has 0 radical (unpaired) electrons. The van der Waals surface area contributed by atoms with Gasteiger partial charge in [-0.25, -0.2) is 9.97 Å². The van der Waals surface area contributed by atoms with Crippen molar-refractivity contribution in [3.05, 3.63) is 142 Å². The van der Waals surface area contributed by atoms with Gasteiger partial charge in [0, 0.05) is 44.8 Å². The molecule has 4 aromatic carbocycles. The summed E-state index contributed by atoms with van der Waals surface area (Å²) < 4.78 is 25.2. The average molecular weight is 835 g/mol. The Morgan fingerprint density at radius 2 is 0.508 bits per heavy atom. The molecule has 16 bridgehead atoms. The van der Waals surface area contributed by atoms with Crippen molar-refractivity contribution in [3.8, 4) is 45.6 Å². The SMILES string of the molecule is C1=CC2OC1c1cc3c(cc12)-c1nc-3nc2[n-]c(nc3nc(nc4[n-]c(n1)c1cc5c(cc41)C1C=CC5O1)-c1cc4c(cc1-3)C1C=CC4O1)c1cc3c(cc21)C1C=CC3O1.[Ni+2]. The summed E-state index contributed by atoms with van der Waals surface area (Å²) in [7, 11) is 0. The summed E-state index contributed by atoms with van der Waals surface area (Å²) in [6.07, 6.45) is 16.1. The van der Waals surface area contributed by atoms with Gasteiger partial charge < -0.3 is 48.9 Å².